The second-order valence-corrected chi connectivity index (χ2v) is 5.09. The highest BCUT2D eigenvalue weighted by Gasteiger charge is 2.16. The van der Waals surface area contributed by atoms with Gasteiger partial charge < -0.3 is 0 Å². The lowest BCUT2D eigenvalue weighted by molar-refractivity contribution is 0.0991. The maximum atomic E-state index is 13.3. The Morgan fingerprint density at radius 2 is 1.74 bits per heavy atom. The maximum absolute atomic E-state index is 13.3. The van der Waals surface area contributed by atoms with Crippen molar-refractivity contribution in [2.75, 3.05) is 0 Å². The van der Waals surface area contributed by atoms with E-state index in [9.17, 15) is 13.6 Å². The van der Waals surface area contributed by atoms with Crippen molar-refractivity contribution in [2.45, 2.75) is 6.42 Å². The van der Waals surface area contributed by atoms with Gasteiger partial charge >= 0.3 is 0 Å². The summed E-state index contributed by atoms with van der Waals surface area (Å²) in [5.74, 6) is -1.43. The van der Waals surface area contributed by atoms with Gasteiger partial charge in [-0.1, -0.05) is 35.9 Å². The molecule has 0 atom stereocenters. The fourth-order valence-corrected chi connectivity index (χ4v) is 2.35. The highest BCUT2D eigenvalue weighted by Crippen LogP contribution is 2.25. The Morgan fingerprint density at radius 3 is 2.47 bits per heavy atom. The summed E-state index contributed by atoms with van der Waals surface area (Å²) in [6, 6.07) is 8.45. The summed E-state index contributed by atoms with van der Waals surface area (Å²) in [7, 11) is 0. The quantitative estimate of drug-likeness (QED) is 0.730. The molecule has 0 unspecified atom stereocenters. The van der Waals surface area contributed by atoms with Crippen LogP contribution in [0.25, 0.3) is 0 Å². The Hall–Kier alpha value is -1.26. The SMILES string of the molecule is O=C(Cc1cccc(F)c1Cl)c1cccc(F)c1Br. The highest BCUT2D eigenvalue weighted by atomic mass is 79.9. The molecule has 0 aliphatic carbocycles. The fraction of sp³-hybridized carbons (Fsp3) is 0.0714. The summed E-state index contributed by atoms with van der Waals surface area (Å²) < 4.78 is 26.7. The van der Waals surface area contributed by atoms with Gasteiger partial charge in [0.1, 0.15) is 11.6 Å². The van der Waals surface area contributed by atoms with E-state index in [2.05, 4.69) is 15.9 Å². The van der Waals surface area contributed by atoms with Gasteiger partial charge in [0.15, 0.2) is 5.78 Å². The highest BCUT2D eigenvalue weighted by molar-refractivity contribution is 9.10. The lowest BCUT2D eigenvalue weighted by Gasteiger charge is -2.06. The van der Waals surface area contributed by atoms with Crippen LogP contribution in [0.2, 0.25) is 5.02 Å². The zero-order valence-corrected chi connectivity index (χ0v) is 11.9. The lowest BCUT2D eigenvalue weighted by atomic mass is 10.0. The number of benzene rings is 2. The molecule has 0 spiro atoms. The van der Waals surface area contributed by atoms with E-state index in [4.69, 9.17) is 11.6 Å². The smallest absolute Gasteiger partial charge is 0.168 e. The maximum Gasteiger partial charge on any atom is 0.168 e. The van der Waals surface area contributed by atoms with Gasteiger partial charge in [-0.05, 0) is 33.6 Å². The van der Waals surface area contributed by atoms with Gasteiger partial charge in [0, 0.05) is 12.0 Å². The van der Waals surface area contributed by atoms with E-state index in [0.29, 0.717) is 5.56 Å². The topological polar surface area (TPSA) is 17.1 Å². The van der Waals surface area contributed by atoms with Crippen molar-refractivity contribution >= 4 is 33.3 Å². The van der Waals surface area contributed by atoms with Gasteiger partial charge in [-0.2, -0.15) is 0 Å². The molecular weight excluding hydrogens is 338 g/mol. The van der Waals surface area contributed by atoms with Crippen LogP contribution >= 0.6 is 27.5 Å². The van der Waals surface area contributed by atoms with Crippen LogP contribution in [0.4, 0.5) is 8.78 Å². The van der Waals surface area contributed by atoms with E-state index in [0.717, 1.165) is 0 Å². The van der Waals surface area contributed by atoms with Gasteiger partial charge in [-0.15, -0.1) is 0 Å². The minimum Gasteiger partial charge on any atom is -0.294 e. The van der Waals surface area contributed by atoms with Crippen LogP contribution in [-0.2, 0) is 6.42 Å². The predicted octanol–water partition coefficient (Wildman–Crippen LogP) is 4.81. The van der Waals surface area contributed by atoms with Crippen molar-refractivity contribution in [1.82, 2.24) is 0 Å². The molecule has 0 aromatic heterocycles. The average Bonchev–Trinajstić information content (AvgIpc) is 2.38. The summed E-state index contributed by atoms with van der Waals surface area (Å²) in [4.78, 5) is 12.1. The van der Waals surface area contributed by atoms with Crippen molar-refractivity contribution in [1.29, 1.82) is 0 Å². The normalized spacial score (nSPS) is 10.5. The van der Waals surface area contributed by atoms with E-state index in [1.165, 1.54) is 30.3 Å². The minimum atomic E-state index is -0.578. The van der Waals surface area contributed by atoms with Gasteiger partial charge in [0.2, 0.25) is 0 Å². The standard InChI is InChI=1S/C14H8BrClF2O/c15-13-9(4-2-5-10(13)17)12(19)7-8-3-1-6-11(18)14(8)16/h1-6H,7H2. The minimum absolute atomic E-state index is 0.0802. The molecule has 0 aliphatic rings. The molecular formula is C14H8BrClF2O. The molecule has 0 radical (unpaired) electrons. The molecule has 0 fully saturated rings. The Morgan fingerprint density at radius 1 is 1.11 bits per heavy atom. The van der Waals surface area contributed by atoms with Crippen LogP contribution in [0.15, 0.2) is 40.9 Å². The number of carbonyl (C=O) groups excluding carboxylic acids is 1. The number of halogens is 4. The van der Waals surface area contributed by atoms with E-state index in [-0.39, 0.29) is 27.3 Å². The third-order valence-electron chi connectivity index (χ3n) is 2.63. The molecule has 0 N–H and O–H groups in total. The number of carbonyl (C=O) groups is 1. The Labute approximate surface area is 122 Å². The first kappa shape index (κ1) is 14.2. The van der Waals surface area contributed by atoms with Crippen molar-refractivity contribution in [3.63, 3.8) is 0 Å². The van der Waals surface area contributed by atoms with Crippen LogP contribution in [-0.4, -0.2) is 5.78 Å². The molecule has 0 heterocycles. The van der Waals surface area contributed by atoms with E-state index < -0.39 is 11.6 Å². The number of hydrogen-bond acceptors (Lipinski definition) is 1. The van der Waals surface area contributed by atoms with Gasteiger partial charge in [0.25, 0.3) is 0 Å². The first-order chi connectivity index (χ1) is 9.00. The number of ketones is 1. The van der Waals surface area contributed by atoms with E-state index in [1.54, 1.807) is 6.07 Å². The lowest BCUT2D eigenvalue weighted by Crippen LogP contribution is -2.06. The molecule has 0 amide bonds. The average molecular weight is 346 g/mol. The third kappa shape index (κ3) is 3.01. The molecule has 0 bridgehead atoms. The molecule has 0 aliphatic heterocycles. The summed E-state index contributed by atoms with van der Waals surface area (Å²) >= 11 is 8.81. The molecule has 0 saturated carbocycles. The first-order valence-corrected chi connectivity index (χ1v) is 6.58. The van der Waals surface area contributed by atoms with E-state index in [1.807, 2.05) is 0 Å². The molecule has 98 valence electrons. The van der Waals surface area contributed by atoms with Crippen molar-refractivity contribution in [2.24, 2.45) is 0 Å². The van der Waals surface area contributed by atoms with Crippen molar-refractivity contribution < 1.29 is 13.6 Å². The van der Waals surface area contributed by atoms with Crippen LogP contribution in [0.3, 0.4) is 0 Å². The van der Waals surface area contributed by atoms with Gasteiger partial charge in [0.05, 0.1) is 9.50 Å². The van der Waals surface area contributed by atoms with Gasteiger partial charge in [-0.3, -0.25) is 4.79 Å². The molecule has 2 rings (SSSR count). The third-order valence-corrected chi connectivity index (χ3v) is 3.86. The zero-order chi connectivity index (χ0) is 14.0. The Balaban J connectivity index is 2.31. The number of Topliss-reactive ketones (excluding diaryl/α,β-unsaturated/α-hetero) is 1. The van der Waals surface area contributed by atoms with Crippen LogP contribution in [0, 0.1) is 11.6 Å². The Kier molecular flexibility index (Phi) is 4.32. The van der Waals surface area contributed by atoms with Crippen molar-refractivity contribution in [3.05, 3.63) is 68.7 Å². The second kappa shape index (κ2) is 5.80. The molecule has 1 nitrogen and oxygen atoms in total. The molecule has 0 saturated heterocycles. The van der Waals surface area contributed by atoms with Gasteiger partial charge in [-0.25, -0.2) is 8.78 Å². The number of hydrogen-bond donors (Lipinski definition) is 0. The molecule has 2 aromatic carbocycles. The number of rotatable bonds is 3. The predicted molar refractivity (Wildman–Crippen MR) is 73.5 cm³/mol. The van der Waals surface area contributed by atoms with Crippen LogP contribution < -0.4 is 0 Å². The summed E-state index contributed by atoms with van der Waals surface area (Å²) in [6.07, 6.45) is -0.0847. The van der Waals surface area contributed by atoms with Crippen LogP contribution in [0.1, 0.15) is 15.9 Å². The molecule has 2 aromatic rings. The van der Waals surface area contributed by atoms with E-state index >= 15 is 0 Å². The fourth-order valence-electron chi connectivity index (χ4n) is 1.67. The van der Waals surface area contributed by atoms with Crippen LogP contribution in [0.5, 0.6) is 0 Å². The second-order valence-electron chi connectivity index (χ2n) is 3.91. The first-order valence-electron chi connectivity index (χ1n) is 5.41. The summed E-state index contributed by atoms with van der Waals surface area (Å²) in [5.41, 5.74) is 0.586. The van der Waals surface area contributed by atoms with Crippen molar-refractivity contribution in [3.8, 4) is 0 Å². The molecule has 5 heteroatoms. The monoisotopic (exact) mass is 344 g/mol. The summed E-state index contributed by atoms with van der Waals surface area (Å²) in [5, 5.41) is -0.0802. The summed E-state index contributed by atoms with van der Waals surface area (Å²) in [6.45, 7) is 0. The zero-order valence-electron chi connectivity index (χ0n) is 9.59. The largest absolute Gasteiger partial charge is 0.294 e. The molecule has 19 heavy (non-hydrogen) atoms. The Bertz CT molecular complexity index is 643.